The molecule has 1 aromatic heterocycles. The minimum Gasteiger partial charge on any atom is -0.353 e. The van der Waals surface area contributed by atoms with Gasteiger partial charge in [0.25, 0.3) is 0 Å². The smallest absolute Gasteiger partial charge is 0.129 e. The minimum absolute atomic E-state index is 0.433. The molecular formula is C16H28ClN3. The van der Waals surface area contributed by atoms with E-state index in [-0.39, 0.29) is 0 Å². The van der Waals surface area contributed by atoms with Crippen molar-refractivity contribution in [1.29, 1.82) is 0 Å². The number of alkyl halides is 1. The van der Waals surface area contributed by atoms with Gasteiger partial charge in [0.05, 0.1) is 0 Å². The van der Waals surface area contributed by atoms with E-state index in [2.05, 4.69) is 56.8 Å². The first kappa shape index (κ1) is 17.3. The summed E-state index contributed by atoms with van der Waals surface area (Å²) in [6.07, 6.45) is 2.12. The summed E-state index contributed by atoms with van der Waals surface area (Å²) in [6, 6.07) is 4.69. The van der Waals surface area contributed by atoms with Crippen molar-refractivity contribution in [3.05, 3.63) is 23.4 Å². The number of anilines is 1. The van der Waals surface area contributed by atoms with E-state index in [0.717, 1.165) is 43.0 Å². The van der Waals surface area contributed by atoms with E-state index in [1.54, 1.807) is 0 Å². The van der Waals surface area contributed by atoms with Gasteiger partial charge in [-0.25, -0.2) is 4.98 Å². The van der Waals surface area contributed by atoms with Crippen LogP contribution in [0.4, 0.5) is 5.82 Å². The lowest BCUT2D eigenvalue weighted by molar-refractivity contribution is 0.372. The molecule has 0 amide bonds. The van der Waals surface area contributed by atoms with Crippen LogP contribution in [0.5, 0.6) is 0 Å². The Balaban J connectivity index is 3.03. The highest BCUT2D eigenvalue weighted by atomic mass is 35.5. The highest BCUT2D eigenvalue weighted by Crippen LogP contribution is 2.20. The van der Waals surface area contributed by atoms with Crippen molar-refractivity contribution in [2.24, 2.45) is 0 Å². The van der Waals surface area contributed by atoms with Gasteiger partial charge in [0.2, 0.25) is 0 Å². The van der Waals surface area contributed by atoms with E-state index in [4.69, 9.17) is 16.6 Å². The Bertz CT molecular complexity index is 407. The highest BCUT2D eigenvalue weighted by Gasteiger charge is 2.16. The molecule has 0 bridgehead atoms. The molecule has 4 heteroatoms. The topological polar surface area (TPSA) is 19.4 Å². The first-order valence-electron chi connectivity index (χ1n) is 7.48. The van der Waals surface area contributed by atoms with E-state index in [1.165, 1.54) is 0 Å². The fraction of sp³-hybridized carbons (Fsp3) is 0.688. The van der Waals surface area contributed by atoms with Gasteiger partial charge in [-0.2, -0.15) is 0 Å². The Labute approximate surface area is 128 Å². The highest BCUT2D eigenvalue weighted by molar-refractivity contribution is 6.17. The first-order valence-corrected chi connectivity index (χ1v) is 8.02. The molecule has 1 aromatic rings. The maximum Gasteiger partial charge on any atom is 0.129 e. The molecule has 3 nitrogen and oxygen atoms in total. The molecule has 0 radical (unpaired) electrons. The molecule has 1 unspecified atom stereocenters. The summed E-state index contributed by atoms with van der Waals surface area (Å²) in [4.78, 5) is 9.39. The van der Waals surface area contributed by atoms with Gasteiger partial charge in [0.1, 0.15) is 5.82 Å². The number of pyridine rings is 1. The van der Waals surface area contributed by atoms with Crippen LogP contribution >= 0.6 is 11.6 Å². The molecule has 1 atom stereocenters. The SMILES string of the molecule is CCCc1cc(CCl)cc(N(CC)C(C)CN(C)C)n1. The van der Waals surface area contributed by atoms with E-state index in [0.29, 0.717) is 11.9 Å². The van der Waals surface area contributed by atoms with Gasteiger partial charge in [-0.1, -0.05) is 13.3 Å². The van der Waals surface area contributed by atoms with Crippen molar-refractivity contribution in [2.45, 2.75) is 45.5 Å². The summed E-state index contributed by atoms with van der Waals surface area (Å²) in [5, 5.41) is 0. The van der Waals surface area contributed by atoms with Crippen LogP contribution in [-0.4, -0.2) is 43.1 Å². The Kier molecular flexibility index (Phi) is 7.31. The average molecular weight is 298 g/mol. The number of rotatable bonds is 8. The van der Waals surface area contributed by atoms with Crippen LogP contribution in [0, 0.1) is 0 Å². The van der Waals surface area contributed by atoms with Crippen molar-refractivity contribution in [3.63, 3.8) is 0 Å². The molecule has 0 aliphatic rings. The van der Waals surface area contributed by atoms with Crippen molar-refractivity contribution in [3.8, 4) is 0 Å². The summed E-state index contributed by atoms with van der Waals surface area (Å²) >= 11 is 6.03. The maximum absolute atomic E-state index is 6.03. The van der Waals surface area contributed by atoms with Crippen molar-refractivity contribution >= 4 is 17.4 Å². The number of hydrogen-bond acceptors (Lipinski definition) is 3. The van der Waals surface area contributed by atoms with Gasteiger partial charge in [-0.05, 0) is 52.1 Å². The lowest BCUT2D eigenvalue weighted by atomic mass is 10.1. The standard InChI is InChI=1S/C16H28ClN3/c1-6-8-15-9-14(11-17)10-16(18-15)20(7-2)13(3)12-19(4)5/h9-10,13H,6-8,11-12H2,1-5H3. The lowest BCUT2D eigenvalue weighted by Crippen LogP contribution is -2.40. The number of hydrogen-bond donors (Lipinski definition) is 0. The predicted octanol–water partition coefficient (Wildman–Crippen LogP) is 3.55. The average Bonchev–Trinajstić information content (AvgIpc) is 2.38. The van der Waals surface area contributed by atoms with Crippen LogP contribution < -0.4 is 4.90 Å². The van der Waals surface area contributed by atoms with Crippen LogP contribution in [0.1, 0.15) is 38.4 Å². The van der Waals surface area contributed by atoms with Gasteiger partial charge in [-0.3, -0.25) is 0 Å². The van der Waals surface area contributed by atoms with Crippen LogP contribution in [0.2, 0.25) is 0 Å². The third kappa shape index (κ3) is 4.95. The second kappa shape index (κ2) is 8.48. The summed E-state index contributed by atoms with van der Waals surface area (Å²) in [6.45, 7) is 8.59. The number of aryl methyl sites for hydroxylation is 1. The number of nitrogens with zero attached hydrogens (tertiary/aromatic N) is 3. The first-order chi connectivity index (χ1) is 9.51. The maximum atomic E-state index is 6.03. The van der Waals surface area contributed by atoms with Crippen molar-refractivity contribution in [2.75, 3.05) is 32.1 Å². The molecule has 0 aliphatic heterocycles. The molecule has 1 rings (SSSR count). The molecular weight excluding hydrogens is 270 g/mol. The monoisotopic (exact) mass is 297 g/mol. The van der Waals surface area contributed by atoms with E-state index < -0.39 is 0 Å². The fourth-order valence-corrected chi connectivity index (χ4v) is 2.72. The summed E-state index contributed by atoms with van der Waals surface area (Å²) in [7, 11) is 4.21. The van der Waals surface area contributed by atoms with Crippen LogP contribution in [0.3, 0.4) is 0 Å². The minimum atomic E-state index is 0.433. The van der Waals surface area contributed by atoms with Crippen LogP contribution in [0.15, 0.2) is 12.1 Å². The molecule has 0 aliphatic carbocycles. The zero-order chi connectivity index (χ0) is 15.1. The van der Waals surface area contributed by atoms with E-state index in [9.17, 15) is 0 Å². The Morgan fingerprint density at radius 2 is 1.95 bits per heavy atom. The second-order valence-corrected chi connectivity index (χ2v) is 5.87. The molecule has 0 aromatic carbocycles. The Morgan fingerprint density at radius 1 is 1.25 bits per heavy atom. The van der Waals surface area contributed by atoms with Crippen LogP contribution in [-0.2, 0) is 12.3 Å². The summed E-state index contributed by atoms with van der Waals surface area (Å²) in [5.41, 5.74) is 2.31. The molecule has 0 saturated heterocycles. The molecule has 0 fully saturated rings. The third-order valence-corrected chi connectivity index (χ3v) is 3.69. The Hall–Kier alpha value is -0.800. The van der Waals surface area contributed by atoms with E-state index >= 15 is 0 Å². The summed E-state index contributed by atoms with van der Waals surface area (Å²) < 4.78 is 0. The van der Waals surface area contributed by atoms with Gasteiger partial charge in [0.15, 0.2) is 0 Å². The third-order valence-electron chi connectivity index (χ3n) is 3.38. The normalized spacial score (nSPS) is 12.8. The molecule has 20 heavy (non-hydrogen) atoms. The molecule has 0 saturated carbocycles. The van der Waals surface area contributed by atoms with Gasteiger partial charge >= 0.3 is 0 Å². The van der Waals surface area contributed by atoms with Crippen LogP contribution in [0.25, 0.3) is 0 Å². The van der Waals surface area contributed by atoms with Gasteiger partial charge in [0, 0.05) is 30.7 Å². The van der Waals surface area contributed by atoms with Gasteiger partial charge < -0.3 is 9.80 Å². The second-order valence-electron chi connectivity index (χ2n) is 5.61. The number of aromatic nitrogens is 1. The Morgan fingerprint density at radius 3 is 2.45 bits per heavy atom. The lowest BCUT2D eigenvalue weighted by Gasteiger charge is -2.31. The number of likely N-dealkylation sites (N-methyl/N-ethyl adjacent to an activating group) is 2. The zero-order valence-corrected chi connectivity index (χ0v) is 14.2. The summed E-state index contributed by atoms with van der Waals surface area (Å²) in [5.74, 6) is 1.61. The van der Waals surface area contributed by atoms with Gasteiger partial charge in [-0.15, -0.1) is 11.6 Å². The zero-order valence-electron chi connectivity index (χ0n) is 13.5. The quantitative estimate of drug-likeness (QED) is 0.684. The fourth-order valence-electron chi connectivity index (χ4n) is 2.57. The predicted molar refractivity (Wildman–Crippen MR) is 88.8 cm³/mol. The molecule has 0 N–H and O–H groups in total. The molecule has 114 valence electrons. The largest absolute Gasteiger partial charge is 0.353 e. The van der Waals surface area contributed by atoms with E-state index in [1.807, 2.05) is 0 Å². The van der Waals surface area contributed by atoms with Crippen molar-refractivity contribution < 1.29 is 0 Å². The molecule has 1 heterocycles. The number of halogens is 1. The van der Waals surface area contributed by atoms with Crippen molar-refractivity contribution in [1.82, 2.24) is 9.88 Å². The molecule has 0 spiro atoms.